The fourth-order valence-corrected chi connectivity index (χ4v) is 2.60. The van der Waals surface area contributed by atoms with E-state index in [4.69, 9.17) is 9.26 Å². The van der Waals surface area contributed by atoms with Crippen molar-refractivity contribution < 1.29 is 9.26 Å². The van der Waals surface area contributed by atoms with Crippen molar-refractivity contribution in [1.29, 1.82) is 0 Å². The van der Waals surface area contributed by atoms with Crippen LogP contribution < -0.4 is 5.32 Å². The van der Waals surface area contributed by atoms with Gasteiger partial charge in [-0.05, 0) is 26.4 Å². The van der Waals surface area contributed by atoms with Crippen LogP contribution in [0.4, 0.5) is 0 Å². The molecule has 0 saturated carbocycles. The summed E-state index contributed by atoms with van der Waals surface area (Å²) in [5.74, 6) is 1.30. The summed E-state index contributed by atoms with van der Waals surface area (Å²) in [6.45, 7) is 3.46. The number of ether oxygens (including phenoxy) is 1. The van der Waals surface area contributed by atoms with Gasteiger partial charge in [-0.2, -0.15) is 4.98 Å². The van der Waals surface area contributed by atoms with Crippen LogP contribution in [0.5, 0.6) is 0 Å². The molecule has 17 heavy (non-hydrogen) atoms. The fraction of sp³-hybridized carbons (Fsp3) is 0.818. The number of hydrogen-bond acceptors (Lipinski definition) is 6. The number of fused-ring (bicyclic) bond motifs is 1. The first-order chi connectivity index (χ1) is 8.36. The first-order valence-electron chi connectivity index (χ1n) is 6.19. The molecule has 3 rings (SSSR count). The third kappa shape index (κ3) is 2.20. The molecule has 2 unspecified atom stereocenters. The van der Waals surface area contributed by atoms with E-state index < -0.39 is 0 Å². The lowest BCUT2D eigenvalue weighted by Gasteiger charge is -2.33. The molecule has 1 aromatic rings. The number of nitrogens with one attached hydrogen (secondary N) is 1. The minimum atomic E-state index is -0.0290. The van der Waals surface area contributed by atoms with Gasteiger partial charge in [0.25, 0.3) is 0 Å². The molecule has 0 amide bonds. The van der Waals surface area contributed by atoms with Gasteiger partial charge in [0.15, 0.2) is 0 Å². The third-order valence-corrected chi connectivity index (χ3v) is 3.49. The summed E-state index contributed by atoms with van der Waals surface area (Å²) in [5.41, 5.74) is 0. The van der Waals surface area contributed by atoms with Crippen molar-refractivity contribution in [1.82, 2.24) is 20.4 Å². The highest BCUT2D eigenvalue weighted by Gasteiger charge is 2.34. The molecular weight excluding hydrogens is 220 g/mol. The Bertz CT molecular complexity index is 381. The van der Waals surface area contributed by atoms with Crippen molar-refractivity contribution in [2.75, 3.05) is 26.7 Å². The maximum Gasteiger partial charge on any atom is 0.240 e. The second-order valence-corrected chi connectivity index (χ2v) is 4.69. The van der Waals surface area contributed by atoms with E-state index in [1.165, 1.54) is 19.4 Å². The van der Waals surface area contributed by atoms with Crippen LogP contribution in [0.25, 0.3) is 0 Å². The van der Waals surface area contributed by atoms with E-state index in [1.807, 2.05) is 7.05 Å². The van der Waals surface area contributed by atoms with Crippen LogP contribution in [0.2, 0.25) is 0 Å². The van der Waals surface area contributed by atoms with E-state index in [0.29, 0.717) is 24.3 Å². The van der Waals surface area contributed by atoms with Gasteiger partial charge in [-0.15, -0.1) is 0 Å². The smallest absolute Gasteiger partial charge is 0.240 e. The lowest BCUT2D eigenvalue weighted by molar-refractivity contribution is -0.0548. The van der Waals surface area contributed by atoms with Crippen LogP contribution >= 0.6 is 0 Å². The lowest BCUT2D eigenvalue weighted by atomic mass is 10.2. The monoisotopic (exact) mass is 238 g/mol. The molecule has 6 nitrogen and oxygen atoms in total. The molecule has 0 aliphatic carbocycles. The molecule has 0 spiro atoms. The van der Waals surface area contributed by atoms with Gasteiger partial charge in [-0.1, -0.05) is 5.16 Å². The van der Waals surface area contributed by atoms with E-state index in [2.05, 4.69) is 20.4 Å². The Kier molecular flexibility index (Phi) is 3.09. The summed E-state index contributed by atoms with van der Waals surface area (Å²) in [5, 5.41) is 6.98. The normalized spacial score (nSPS) is 29.5. The highest BCUT2D eigenvalue weighted by atomic mass is 16.5. The van der Waals surface area contributed by atoms with E-state index in [9.17, 15) is 0 Å². The minimum absolute atomic E-state index is 0.0290. The fourth-order valence-electron chi connectivity index (χ4n) is 2.60. The van der Waals surface area contributed by atoms with Crippen LogP contribution in [0.15, 0.2) is 4.52 Å². The standard InChI is InChI=1S/C11H18N4O2/c1-12-5-10-13-11(14-17-10)9-6-15-4-2-3-8(15)7-16-9/h8-9,12H,2-7H2,1H3. The number of morpholine rings is 1. The van der Waals surface area contributed by atoms with E-state index in [0.717, 1.165) is 13.2 Å². The maximum atomic E-state index is 5.82. The van der Waals surface area contributed by atoms with Gasteiger partial charge in [-0.3, -0.25) is 4.90 Å². The lowest BCUT2D eigenvalue weighted by Crippen LogP contribution is -2.42. The van der Waals surface area contributed by atoms with Gasteiger partial charge < -0.3 is 14.6 Å². The summed E-state index contributed by atoms with van der Waals surface area (Å²) >= 11 is 0. The van der Waals surface area contributed by atoms with Crippen LogP contribution in [-0.2, 0) is 11.3 Å². The van der Waals surface area contributed by atoms with Gasteiger partial charge in [0.1, 0.15) is 6.10 Å². The Labute approximate surface area is 100 Å². The Morgan fingerprint density at radius 3 is 3.35 bits per heavy atom. The predicted molar refractivity (Wildman–Crippen MR) is 60.3 cm³/mol. The maximum absolute atomic E-state index is 5.82. The minimum Gasteiger partial charge on any atom is -0.367 e. The third-order valence-electron chi connectivity index (χ3n) is 3.49. The molecule has 6 heteroatoms. The van der Waals surface area contributed by atoms with E-state index in [1.54, 1.807) is 0 Å². The molecule has 3 heterocycles. The molecular formula is C11H18N4O2. The zero-order valence-corrected chi connectivity index (χ0v) is 10.1. The van der Waals surface area contributed by atoms with Gasteiger partial charge in [0, 0.05) is 12.6 Å². The van der Waals surface area contributed by atoms with Crippen LogP contribution in [0, 0.1) is 0 Å². The zero-order chi connectivity index (χ0) is 11.7. The molecule has 1 N–H and O–H groups in total. The second kappa shape index (κ2) is 4.72. The molecule has 2 aliphatic rings. The SMILES string of the molecule is CNCc1nc(C2CN3CCCC3CO2)no1. The zero-order valence-electron chi connectivity index (χ0n) is 10.1. The van der Waals surface area contributed by atoms with Gasteiger partial charge in [-0.25, -0.2) is 0 Å². The molecule has 0 bridgehead atoms. The molecule has 94 valence electrons. The topological polar surface area (TPSA) is 63.4 Å². The Morgan fingerprint density at radius 2 is 2.47 bits per heavy atom. The second-order valence-electron chi connectivity index (χ2n) is 4.69. The van der Waals surface area contributed by atoms with E-state index in [-0.39, 0.29) is 6.10 Å². The van der Waals surface area contributed by atoms with Crippen LogP contribution in [0.1, 0.15) is 30.7 Å². The predicted octanol–water partition coefficient (Wildman–Crippen LogP) is 0.325. The molecule has 0 radical (unpaired) electrons. The first-order valence-corrected chi connectivity index (χ1v) is 6.19. The highest BCUT2D eigenvalue weighted by Crippen LogP contribution is 2.28. The van der Waals surface area contributed by atoms with Crippen molar-refractivity contribution >= 4 is 0 Å². The number of nitrogens with zero attached hydrogens (tertiary/aromatic N) is 3. The Morgan fingerprint density at radius 1 is 1.53 bits per heavy atom. The summed E-state index contributed by atoms with van der Waals surface area (Å²) in [6.07, 6.45) is 2.50. The van der Waals surface area contributed by atoms with Gasteiger partial charge in [0.2, 0.25) is 11.7 Å². The molecule has 2 fully saturated rings. The van der Waals surface area contributed by atoms with Gasteiger partial charge >= 0.3 is 0 Å². The molecule has 2 saturated heterocycles. The number of aromatic nitrogens is 2. The van der Waals surface area contributed by atoms with Crippen molar-refractivity contribution in [2.24, 2.45) is 0 Å². The molecule has 2 atom stereocenters. The highest BCUT2D eigenvalue weighted by molar-refractivity contribution is 4.96. The summed E-state index contributed by atoms with van der Waals surface area (Å²) in [7, 11) is 1.86. The van der Waals surface area contributed by atoms with Crippen molar-refractivity contribution in [3.63, 3.8) is 0 Å². The first kappa shape index (κ1) is 11.1. The Hall–Kier alpha value is -0.980. The Balaban J connectivity index is 1.67. The van der Waals surface area contributed by atoms with Gasteiger partial charge in [0.05, 0.1) is 13.2 Å². The molecule has 2 aliphatic heterocycles. The number of rotatable bonds is 3. The summed E-state index contributed by atoms with van der Waals surface area (Å²) in [4.78, 5) is 6.82. The average molecular weight is 238 g/mol. The average Bonchev–Trinajstić information content (AvgIpc) is 2.96. The summed E-state index contributed by atoms with van der Waals surface area (Å²) < 4.78 is 11.0. The largest absolute Gasteiger partial charge is 0.367 e. The van der Waals surface area contributed by atoms with Crippen molar-refractivity contribution in [2.45, 2.75) is 31.5 Å². The van der Waals surface area contributed by atoms with E-state index >= 15 is 0 Å². The number of hydrogen-bond donors (Lipinski definition) is 1. The van der Waals surface area contributed by atoms with Crippen molar-refractivity contribution in [3.8, 4) is 0 Å². The van der Waals surface area contributed by atoms with Crippen molar-refractivity contribution in [3.05, 3.63) is 11.7 Å². The van der Waals surface area contributed by atoms with Crippen LogP contribution in [-0.4, -0.2) is 47.8 Å². The van der Waals surface area contributed by atoms with Crippen LogP contribution in [0.3, 0.4) is 0 Å². The molecule has 0 aromatic carbocycles. The molecule has 1 aromatic heterocycles. The quantitative estimate of drug-likeness (QED) is 0.818. The summed E-state index contributed by atoms with van der Waals surface area (Å²) in [6, 6.07) is 0.606.